The van der Waals surface area contributed by atoms with Crippen LogP contribution in [0.5, 0.6) is 0 Å². The first-order valence-corrected chi connectivity index (χ1v) is 8.08. The van der Waals surface area contributed by atoms with E-state index in [4.69, 9.17) is 21.7 Å². The van der Waals surface area contributed by atoms with E-state index in [9.17, 15) is 19.2 Å². The van der Waals surface area contributed by atoms with Gasteiger partial charge in [0.15, 0.2) is 16.3 Å². The van der Waals surface area contributed by atoms with Gasteiger partial charge in [-0.05, 0) is 12.2 Å². The van der Waals surface area contributed by atoms with Gasteiger partial charge in [0.05, 0.1) is 0 Å². The van der Waals surface area contributed by atoms with Crippen molar-refractivity contribution in [2.24, 2.45) is 11.5 Å². The third-order valence-electron chi connectivity index (χ3n) is 2.56. The minimum atomic E-state index is -2.18. The van der Waals surface area contributed by atoms with Gasteiger partial charge in [0.1, 0.15) is 12.1 Å². The molecule has 10 heteroatoms. The van der Waals surface area contributed by atoms with Gasteiger partial charge >= 0.3 is 11.9 Å². The van der Waals surface area contributed by atoms with Gasteiger partial charge in [0, 0.05) is 5.75 Å². The Morgan fingerprint density at radius 2 is 1.50 bits per heavy atom. The quantitative estimate of drug-likeness (QED) is 0.216. The van der Waals surface area contributed by atoms with Gasteiger partial charge in [-0.2, -0.15) is 0 Å². The predicted molar refractivity (Wildman–Crippen MR) is 84.4 cm³/mol. The lowest BCUT2D eigenvalue weighted by molar-refractivity contribution is -0.143. The molecule has 0 aliphatic carbocycles. The van der Waals surface area contributed by atoms with E-state index in [1.165, 1.54) is 0 Å². The van der Waals surface area contributed by atoms with Crippen LogP contribution in [0.3, 0.4) is 0 Å². The van der Waals surface area contributed by atoms with E-state index in [1.807, 2.05) is 0 Å². The lowest BCUT2D eigenvalue weighted by Crippen LogP contribution is -2.59. The van der Waals surface area contributed by atoms with Crippen molar-refractivity contribution in [1.29, 1.82) is 0 Å². The molecule has 0 rings (SSSR count). The molecule has 0 aromatic heterocycles. The van der Waals surface area contributed by atoms with Gasteiger partial charge in [-0.3, -0.25) is 19.2 Å². The van der Waals surface area contributed by atoms with E-state index in [-0.39, 0.29) is 5.75 Å². The lowest BCUT2D eigenvalue weighted by Gasteiger charge is -2.30. The van der Waals surface area contributed by atoms with E-state index in [0.29, 0.717) is 10.8 Å². The summed E-state index contributed by atoms with van der Waals surface area (Å²) in [6.45, 7) is 6.46. The maximum atomic E-state index is 12.1. The minimum absolute atomic E-state index is 0.164. The number of allylic oxidation sites excluding steroid dienone is 2. The Bertz CT molecular complexity index is 488. The molecule has 2 unspecified atom stereocenters. The molecule has 0 saturated heterocycles. The normalized spacial score (nSPS) is 13.7. The number of carbonyl (C=O) groups excluding carboxylic acids is 2. The Balaban J connectivity index is 5.55. The number of carboxylic acids is 2. The molecule has 6 N–H and O–H groups in total. The largest absolute Gasteiger partial charge is 0.480 e. The zero-order valence-corrected chi connectivity index (χ0v) is 13.1. The Labute approximate surface area is 134 Å². The lowest BCUT2D eigenvalue weighted by atomic mass is 9.89. The summed E-state index contributed by atoms with van der Waals surface area (Å²) < 4.78 is -2.18. The van der Waals surface area contributed by atoms with Crippen LogP contribution in [0.2, 0.25) is 0 Å². The topological polar surface area (TPSA) is 161 Å². The molecule has 0 aromatic rings. The molecule has 0 saturated carbocycles. The highest BCUT2D eigenvalue weighted by atomic mass is 33.1. The fourth-order valence-electron chi connectivity index (χ4n) is 1.31. The number of ketones is 2. The van der Waals surface area contributed by atoms with E-state index in [0.717, 1.165) is 22.9 Å². The summed E-state index contributed by atoms with van der Waals surface area (Å²) in [6, 6.07) is -3.10. The third-order valence-corrected chi connectivity index (χ3v) is 5.64. The summed E-state index contributed by atoms with van der Waals surface area (Å²) in [7, 11) is 1.30. The minimum Gasteiger partial charge on any atom is -0.480 e. The molecule has 0 bridgehead atoms. The van der Waals surface area contributed by atoms with Crippen molar-refractivity contribution in [3.8, 4) is 0 Å². The SMILES string of the molecule is C=CC(=O)C(SSCC(N)C(=O)O)(C(=O)C=C)C(N)C(=O)O. The number of carbonyl (C=O) groups is 4. The molecule has 2 atom stereocenters. The van der Waals surface area contributed by atoms with Crippen molar-refractivity contribution >= 4 is 45.1 Å². The molecule has 8 nitrogen and oxygen atoms in total. The molecule has 22 heavy (non-hydrogen) atoms. The molecule has 0 spiro atoms. The van der Waals surface area contributed by atoms with Crippen LogP contribution in [0.15, 0.2) is 25.3 Å². The second-order valence-corrected chi connectivity index (χ2v) is 6.59. The van der Waals surface area contributed by atoms with Gasteiger partial charge in [-0.15, -0.1) is 0 Å². The maximum Gasteiger partial charge on any atom is 0.322 e. The number of hydrogen-bond donors (Lipinski definition) is 4. The molecule has 0 aliphatic rings. The predicted octanol–water partition coefficient (Wildman–Crippen LogP) is -0.559. The van der Waals surface area contributed by atoms with E-state index < -0.39 is 40.3 Å². The molecule has 0 amide bonds. The van der Waals surface area contributed by atoms with Crippen LogP contribution in [-0.4, -0.2) is 56.3 Å². The fourth-order valence-corrected chi connectivity index (χ4v) is 4.39. The van der Waals surface area contributed by atoms with Crippen molar-refractivity contribution in [2.45, 2.75) is 16.8 Å². The molecule has 0 fully saturated rings. The highest BCUT2D eigenvalue weighted by Gasteiger charge is 2.52. The molecule has 0 radical (unpaired) electrons. The second-order valence-electron chi connectivity index (χ2n) is 4.00. The van der Waals surface area contributed by atoms with E-state index >= 15 is 0 Å². The van der Waals surface area contributed by atoms with Crippen molar-refractivity contribution in [3.05, 3.63) is 25.3 Å². The number of rotatable bonds is 11. The first-order chi connectivity index (χ1) is 10.1. The molecule has 0 aliphatic heterocycles. The summed E-state index contributed by atoms with van der Waals surface area (Å²) in [4.78, 5) is 46.0. The maximum absolute atomic E-state index is 12.1. The smallest absolute Gasteiger partial charge is 0.322 e. The summed E-state index contributed by atoms with van der Waals surface area (Å²) in [5.74, 6) is -4.82. The van der Waals surface area contributed by atoms with E-state index in [1.54, 1.807) is 0 Å². The van der Waals surface area contributed by atoms with Gasteiger partial charge in [0.25, 0.3) is 0 Å². The molecular formula is C12H16N2O6S2. The van der Waals surface area contributed by atoms with Crippen LogP contribution < -0.4 is 11.5 Å². The van der Waals surface area contributed by atoms with Crippen molar-refractivity contribution in [2.75, 3.05) is 5.75 Å². The average molecular weight is 348 g/mol. The Morgan fingerprint density at radius 1 is 1.05 bits per heavy atom. The van der Waals surface area contributed by atoms with Crippen molar-refractivity contribution < 1.29 is 29.4 Å². The van der Waals surface area contributed by atoms with Crippen LogP contribution >= 0.6 is 21.6 Å². The standard InChI is InChI=1S/C12H16N2O6S2/c1-3-7(15)12(8(16)4-2,9(14)11(19)20)22-21-5-6(13)10(17)18/h3-4,6,9H,1-2,5,13-14H2,(H,17,18)(H,19,20). The third kappa shape index (κ3) is 4.44. The molecular weight excluding hydrogens is 332 g/mol. The van der Waals surface area contributed by atoms with Gasteiger partial charge in [-0.25, -0.2) is 0 Å². The number of aliphatic carboxylic acids is 2. The Kier molecular flexibility index (Phi) is 8.09. The molecule has 0 aromatic carbocycles. The zero-order chi connectivity index (χ0) is 17.5. The number of carboxylic acid groups (broad SMARTS) is 2. The van der Waals surface area contributed by atoms with Crippen LogP contribution in [-0.2, 0) is 19.2 Å². The van der Waals surface area contributed by atoms with Crippen molar-refractivity contribution in [1.82, 2.24) is 0 Å². The van der Waals surface area contributed by atoms with Gasteiger partial charge in [0.2, 0.25) is 0 Å². The van der Waals surface area contributed by atoms with E-state index in [2.05, 4.69) is 13.2 Å². The fraction of sp³-hybridized carbons (Fsp3) is 0.333. The highest BCUT2D eigenvalue weighted by Crippen LogP contribution is 2.40. The average Bonchev–Trinajstić information content (AvgIpc) is 2.48. The summed E-state index contributed by atoms with van der Waals surface area (Å²) >= 11 is 0. The molecule has 122 valence electrons. The van der Waals surface area contributed by atoms with Crippen LogP contribution in [0.4, 0.5) is 0 Å². The van der Waals surface area contributed by atoms with Gasteiger partial charge in [-0.1, -0.05) is 34.7 Å². The highest BCUT2D eigenvalue weighted by molar-refractivity contribution is 8.77. The number of hydrogen-bond acceptors (Lipinski definition) is 8. The zero-order valence-electron chi connectivity index (χ0n) is 11.4. The summed E-state index contributed by atoms with van der Waals surface area (Å²) in [5.41, 5.74) is 10.8. The second kappa shape index (κ2) is 8.73. The summed E-state index contributed by atoms with van der Waals surface area (Å²) in [5, 5.41) is 17.8. The van der Waals surface area contributed by atoms with Crippen LogP contribution in [0.1, 0.15) is 0 Å². The first kappa shape index (κ1) is 20.4. The number of nitrogens with two attached hydrogens (primary N) is 2. The van der Waals surface area contributed by atoms with Gasteiger partial charge < -0.3 is 21.7 Å². The van der Waals surface area contributed by atoms with Crippen LogP contribution in [0, 0.1) is 0 Å². The van der Waals surface area contributed by atoms with Crippen molar-refractivity contribution in [3.63, 3.8) is 0 Å². The monoisotopic (exact) mass is 348 g/mol. The first-order valence-electron chi connectivity index (χ1n) is 5.76. The van der Waals surface area contributed by atoms with Crippen LogP contribution in [0.25, 0.3) is 0 Å². The summed E-state index contributed by atoms with van der Waals surface area (Å²) in [6.07, 6.45) is 1.57. The Morgan fingerprint density at radius 3 is 1.82 bits per heavy atom. The Hall–Kier alpha value is -1.62. The molecule has 0 heterocycles.